The predicted molar refractivity (Wildman–Crippen MR) is 63.2 cm³/mol. The zero-order valence-electron chi connectivity index (χ0n) is 8.91. The van der Waals surface area contributed by atoms with Crippen LogP contribution in [0, 0.1) is 0 Å². The molecule has 0 amide bonds. The Morgan fingerprint density at radius 2 is 2.47 bits per heavy atom. The topological polar surface area (TPSA) is 42.2 Å². The van der Waals surface area contributed by atoms with Gasteiger partial charge in [-0.25, -0.2) is 4.98 Å². The molecule has 1 unspecified atom stereocenters. The van der Waals surface area contributed by atoms with Crippen molar-refractivity contribution in [2.24, 2.45) is 5.73 Å². The molecule has 0 aromatic carbocycles. The maximum atomic E-state index is 6.27. The number of nitrogens with zero attached hydrogens (tertiary/aromatic N) is 2. The average Bonchev–Trinajstić information content (AvgIpc) is 2.65. The first kappa shape index (κ1) is 10.7. The Balaban J connectivity index is 2.35. The van der Waals surface area contributed by atoms with Crippen LogP contribution in [0.5, 0.6) is 0 Å². The predicted octanol–water partition coefficient (Wildman–Crippen LogP) is 2.18. The highest BCUT2D eigenvalue weighted by molar-refractivity contribution is 6.33. The van der Waals surface area contributed by atoms with Crippen molar-refractivity contribution >= 4 is 17.4 Å². The zero-order valence-corrected chi connectivity index (χ0v) is 9.67. The summed E-state index contributed by atoms with van der Waals surface area (Å²) in [6, 6.07) is 2.41. The average molecular weight is 226 g/mol. The summed E-state index contributed by atoms with van der Waals surface area (Å²) < 4.78 is 0. The Hall–Kier alpha value is -0.800. The molecule has 2 heterocycles. The number of anilines is 1. The summed E-state index contributed by atoms with van der Waals surface area (Å²) in [6.45, 7) is 3.72. The normalized spacial score (nSPS) is 21.0. The Morgan fingerprint density at radius 3 is 3.07 bits per heavy atom. The van der Waals surface area contributed by atoms with Gasteiger partial charge in [0.2, 0.25) is 0 Å². The Kier molecular flexibility index (Phi) is 3.12. The molecule has 1 aromatic heterocycles. The van der Waals surface area contributed by atoms with Crippen molar-refractivity contribution in [2.45, 2.75) is 32.4 Å². The molecule has 3 nitrogen and oxygen atoms in total. The third-order valence-electron chi connectivity index (χ3n) is 3.00. The maximum Gasteiger partial charge on any atom is 0.147 e. The van der Waals surface area contributed by atoms with E-state index in [1.807, 2.05) is 6.07 Å². The molecule has 1 aliphatic heterocycles. The van der Waals surface area contributed by atoms with Gasteiger partial charge in [-0.05, 0) is 31.4 Å². The van der Waals surface area contributed by atoms with Gasteiger partial charge in [-0.2, -0.15) is 0 Å². The number of halogens is 1. The van der Waals surface area contributed by atoms with Crippen molar-refractivity contribution in [3.63, 3.8) is 0 Å². The summed E-state index contributed by atoms with van der Waals surface area (Å²) in [5.74, 6) is 0.893. The second-order valence-electron chi connectivity index (χ2n) is 4.00. The molecule has 1 aromatic rings. The lowest BCUT2D eigenvalue weighted by atomic mass is 10.2. The summed E-state index contributed by atoms with van der Waals surface area (Å²) in [7, 11) is 0. The largest absolute Gasteiger partial charge is 0.353 e. The molecule has 1 atom stereocenters. The lowest BCUT2D eigenvalue weighted by molar-refractivity contribution is 0.726. The molecule has 0 bridgehead atoms. The van der Waals surface area contributed by atoms with Gasteiger partial charge < -0.3 is 10.6 Å². The molecule has 0 radical (unpaired) electrons. The van der Waals surface area contributed by atoms with E-state index in [4.69, 9.17) is 17.3 Å². The van der Waals surface area contributed by atoms with Crippen molar-refractivity contribution in [1.29, 1.82) is 0 Å². The van der Waals surface area contributed by atoms with E-state index in [0.29, 0.717) is 17.6 Å². The van der Waals surface area contributed by atoms with Gasteiger partial charge in [0.1, 0.15) is 5.82 Å². The van der Waals surface area contributed by atoms with Gasteiger partial charge in [0.25, 0.3) is 0 Å². The highest BCUT2D eigenvalue weighted by Gasteiger charge is 2.24. The number of pyridine rings is 1. The summed E-state index contributed by atoms with van der Waals surface area (Å²) in [5, 5.41) is 0.716. The molecule has 0 saturated carbocycles. The lowest BCUT2D eigenvalue weighted by Gasteiger charge is -2.24. The van der Waals surface area contributed by atoms with Gasteiger partial charge in [0.15, 0.2) is 0 Å². The van der Waals surface area contributed by atoms with Crippen LogP contribution in [0.3, 0.4) is 0 Å². The fourth-order valence-electron chi connectivity index (χ4n) is 2.08. The van der Waals surface area contributed by atoms with Gasteiger partial charge >= 0.3 is 0 Å². The smallest absolute Gasteiger partial charge is 0.147 e. The third-order valence-corrected chi connectivity index (χ3v) is 3.41. The van der Waals surface area contributed by atoms with E-state index in [2.05, 4.69) is 16.8 Å². The minimum absolute atomic E-state index is 0.469. The second-order valence-corrected chi connectivity index (χ2v) is 4.37. The van der Waals surface area contributed by atoms with E-state index in [1.165, 1.54) is 12.8 Å². The molecular weight excluding hydrogens is 210 g/mol. The van der Waals surface area contributed by atoms with Crippen LogP contribution in [0.4, 0.5) is 5.82 Å². The molecule has 2 N–H and O–H groups in total. The van der Waals surface area contributed by atoms with Gasteiger partial charge in [0.05, 0.1) is 5.02 Å². The van der Waals surface area contributed by atoms with E-state index in [9.17, 15) is 0 Å². The number of rotatable bonds is 2. The Bertz CT molecular complexity index is 354. The first-order valence-corrected chi connectivity index (χ1v) is 5.72. The summed E-state index contributed by atoms with van der Waals surface area (Å²) in [5.41, 5.74) is 6.60. The molecule has 15 heavy (non-hydrogen) atoms. The third kappa shape index (κ3) is 1.94. The number of nitrogens with two attached hydrogens (primary N) is 1. The standard InChI is InChI=1S/C11H16ClN3/c1-8-3-2-6-15(8)11-10(12)9(7-13)4-5-14-11/h4-5,8H,2-3,6-7,13H2,1H3. The number of hydrogen-bond acceptors (Lipinski definition) is 3. The van der Waals surface area contributed by atoms with Crippen LogP contribution in [0.2, 0.25) is 5.02 Å². The van der Waals surface area contributed by atoms with Gasteiger partial charge in [-0.15, -0.1) is 0 Å². The zero-order chi connectivity index (χ0) is 10.8. The van der Waals surface area contributed by atoms with Crippen LogP contribution >= 0.6 is 11.6 Å². The van der Waals surface area contributed by atoms with E-state index < -0.39 is 0 Å². The molecule has 2 rings (SSSR count). The molecule has 4 heteroatoms. The first-order valence-electron chi connectivity index (χ1n) is 5.34. The first-order chi connectivity index (χ1) is 7.24. The second kappa shape index (κ2) is 4.37. The van der Waals surface area contributed by atoms with E-state index >= 15 is 0 Å². The molecular formula is C11H16ClN3. The lowest BCUT2D eigenvalue weighted by Crippen LogP contribution is -2.27. The minimum atomic E-state index is 0.469. The van der Waals surface area contributed by atoms with Crippen LogP contribution in [-0.4, -0.2) is 17.6 Å². The molecule has 1 fully saturated rings. The molecule has 1 aliphatic rings. The van der Waals surface area contributed by atoms with Crippen molar-refractivity contribution < 1.29 is 0 Å². The quantitative estimate of drug-likeness (QED) is 0.839. The Morgan fingerprint density at radius 1 is 1.67 bits per heavy atom. The van der Waals surface area contributed by atoms with Crippen LogP contribution < -0.4 is 10.6 Å². The fourth-order valence-corrected chi connectivity index (χ4v) is 2.37. The number of aromatic nitrogens is 1. The van der Waals surface area contributed by atoms with Gasteiger partial charge in [-0.3, -0.25) is 0 Å². The summed E-state index contributed by atoms with van der Waals surface area (Å²) >= 11 is 6.27. The highest BCUT2D eigenvalue weighted by Crippen LogP contribution is 2.31. The van der Waals surface area contributed by atoms with Crippen molar-refractivity contribution in [3.05, 3.63) is 22.8 Å². The van der Waals surface area contributed by atoms with Crippen molar-refractivity contribution in [3.8, 4) is 0 Å². The molecule has 82 valence electrons. The summed E-state index contributed by atoms with van der Waals surface area (Å²) in [6.07, 6.45) is 4.21. The van der Waals surface area contributed by atoms with Crippen LogP contribution in [0.1, 0.15) is 25.3 Å². The Labute approximate surface area is 95.2 Å². The van der Waals surface area contributed by atoms with Gasteiger partial charge in [-0.1, -0.05) is 11.6 Å². The maximum absolute atomic E-state index is 6.27. The molecule has 1 saturated heterocycles. The van der Waals surface area contributed by atoms with Crippen LogP contribution in [0.25, 0.3) is 0 Å². The van der Waals surface area contributed by atoms with E-state index in [1.54, 1.807) is 6.20 Å². The van der Waals surface area contributed by atoms with Crippen molar-refractivity contribution in [2.75, 3.05) is 11.4 Å². The van der Waals surface area contributed by atoms with E-state index in [-0.39, 0.29) is 0 Å². The SMILES string of the molecule is CC1CCCN1c1nccc(CN)c1Cl. The number of hydrogen-bond donors (Lipinski definition) is 1. The molecule has 0 aliphatic carbocycles. The van der Waals surface area contributed by atoms with Crippen LogP contribution in [-0.2, 0) is 6.54 Å². The van der Waals surface area contributed by atoms with E-state index in [0.717, 1.165) is 17.9 Å². The van der Waals surface area contributed by atoms with Crippen molar-refractivity contribution in [1.82, 2.24) is 4.98 Å². The minimum Gasteiger partial charge on any atom is -0.353 e. The van der Waals surface area contributed by atoms with Crippen LogP contribution in [0.15, 0.2) is 12.3 Å². The monoisotopic (exact) mass is 225 g/mol. The highest BCUT2D eigenvalue weighted by atomic mass is 35.5. The molecule has 0 spiro atoms. The summed E-state index contributed by atoms with van der Waals surface area (Å²) in [4.78, 5) is 6.62. The van der Waals surface area contributed by atoms with Gasteiger partial charge in [0, 0.05) is 25.3 Å². The fraction of sp³-hybridized carbons (Fsp3) is 0.545.